The van der Waals surface area contributed by atoms with Crippen LogP contribution in [0.1, 0.15) is 33.1 Å². The molecular formula is C27H32N4O3. The maximum absolute atomic E-state index is 12.4. The highest BCUT2D eigenvalue weighted by molar-refractivity contribution is 5.92. The topological polar surface area (TPSA) is 76.6 Å². The number of hydrogen-bond donors (Lipinski definition) is 1. The first-order valence-electron chi connectivity index (χ1n) is 12.0. The summed E-state index contributed by atoms with van der Waals surface area (Å²) in [5.74, 6) is 2.87. The van der Waals surface area contributed by atoms with Gasteiger partial charge >= 0.3 is 0 Å². The third-order valence-electron chi connectivity index (χ3n) is 5.87. The molecule has 2 aromatic carbocycles. The number of benzene rings is 2. The molecule has 0 saturated carbocycles. The molecule has 178 valence electrons. The zero-order valence-corrected chi connectivity index (χ0v) is 19.9. The fraction of sp³-hybridized carbons (Fsp3) is 0.370. The Bertz CT molecular complexity index is 1060. The van der Waals surface area contributed by atoms with Gasteiger partial charge in [0.15, 0.2) is 12.4 Å². The minimum absolute atomic E-state index is 0.0810. The van der Waals surface area contributed by atoms with Gasteiger partial charge in [-0.15, -0.1) is 10.2 Å². The van der Waals surface area contributed by atoms with Crippen molar-refractivity contribution >= 4 is 17.4 Å². The van der Waals surface area contributed by atoms with E-state index in [1.807, 2.05) is 48.5 Å². The predicted molar refractivity (Wildman–Crippen MR) is 134 cm³/mol. The van der Waals surface area contributed by atoms with Crippen LogP contribution < -0.4 is 19.7 Å². The Kier molecular flexibility index (Phi) is 7.96. The second-order valence-corrected chi connectivity index (χ2v) is 8.68. The van der Waals surface area contributed by atoms with Gasteiger partial charge in [0.25, 0.3) is 5.91 Å². The number of anilines is 2. The van der Waals surface area contributed by atoms with E-state index in [-0.39, 0.29) is 12.5 Å². The quantitative estimate of drug-likeness (QED) is 0.474. The summed E-state index contributed by atoms with van der Waals surface area (Å²) in [6.45, 7) is 7.00. The largest absolute Gasteiger partial charge is 0.494 e. The molecule has 7 heteroatoms. The van der Waals surface area contributed by atoms with E-state index in [2.05, 4.69) is 34.3 Å². The Balaban J connectivity index is 1.31. The van der Waals surface area contributed by atoms with Crippen LogP contribution in [0.2, 0.25) is 0 Å². The van der Waals surface area contributed by atoms with Gasteiger partial charge in [-0.1, -0.05) is 26.0 Å². The number of hydrogen-bond acceptors (Lipinski definition) is 6. The van der Waals surface area contributed by atoms with Crippen LogP contribution >= 0.6 is 0 Å². The standard InChI is InChI=1S/C27H32N4O3/c1-3-17-33-23-7-9-24(10-8-23)34-19-27(32)28-22-6-4-5-21(18-22)25-11-12-26(30-29-25)31-15-13-20(2)14-16-31/h4-12,18,20H,3,13-17,19H2,1-2H3,(H,28,32). The number of amides is 1. The van der Waals surface area contributed by atoms with Crippen molar-refractivity contribution in [3.05, 3.63) is 60.7 Å². The van der Waals surface area contributed by atoms with E-state index < -0.39 is 0 Å². The van der Waals surface area contributed by atoms with Crippen molar-refractivity contribution in [3.63, 3.8) is 0 Å². The van der Waals surface area contributed by atoms with Gasteiger partial charge in [-0.05, 0) is 73.7 Å². The highest BCUT2D eigenvalue weighted by atomic mass is 16.5. The molecule has 1 N–H and O–H groups in total. The predicted octanol–water partition coefficient (Wildman–Crippen LogP) is 5.19. The Morgan fingerprint density at radius 3 is 2.41 bits per heavy atom. The molecule has 1 saturated heterocycles. The first kappa shape index (κ1) is 23.5. The Morgan fingerprint density at radius 2 is 1.74 bits per heavy atom. The molecule has 0 aliphatic carbocycles. The summed E-state index contributed by atoms with van der Waals surface area (Å²) in [5, 5.41) is 11.7. The second-order valence-electron chi connectivity index (χ2n) is 8.68. The first-order valence-corrected chi connectivity index (χ1v) is 12.0. The highest BCUT2D eigenvalue weighted by Gasteiger charge is 2.17. The third kappa shape index (κ3) is 6.47. The van der Waals surface area contributed by atoms with Gasteiger partial charge in [0.1, 0.15) is 11.5 Å². The van der Waals surface area contributed by atoms with Crippen LogP contribution in [0.4, 0.5) is 11.5 Å². The van der Waals surface area contributed by atoms with Gasteiger partial charge in [0.2, 0.25) is 0 Å². The lowest BCUT2D eigenvalue weighted by atomic mass is 9.99. The molecule has 7 nitrogen and oxygen atoms in total. The summed E-state index contributed by atoms with van der Waals surface area (Å²) >= 11 is 0. The molecule has 1 aliphatic heterocycles. The van der Waals surface area contributed by atoms with Crippen molar-refractivity contribution in [1.29, 1.82) is 0 Å². The number of nitrogens with zero attached hydrogens (tertiary/aromatic N) is 3. The zero-order valence-electron chi connectivity index (χ0n) is 19.9. The molecular weight excluding hydrogens is 428 g/mol. The Labute approximate surface area is 201 Å². The number of carbonyl (C=O) groups excluding carboxylic acids is 1. The lowest BCUT2D eigenvalue weighted by Crippen LogP contribution is -2.33. The zero-order chi connectivity index (χ0) is 23.8. The summed E-state index contributed by atoms with van der Waals surface area (Å²) in [5.41, 5.74) is 2.35. The SMILES string of the molecule is CCCOc1ccc(OCC(=O)Nc2cccc(-c3ccc(N4CCC(C)CC4)nn3)c2)cc1. The maximum Gasteiger partial charge on any atom is 0.262 e. The van der Waals surface area contributed by atoms with Gasteiger partial charge in [0, 0.05) is 24.3 Å². The van der Waals surface area contributed by atoms with Crippen LogP contribution in [-0.2, 0) is 4.79 Å². The molecule has 0 radical (unpaired) electrons. The average molecular weight is 461 g/mol. The molecule has 4 rings (SSSR count). The molecule has 1 fully saturated rings. The lowest BCUT2D eigenvalue weighted by Gasteiger charge is -2.30. The fourth-order valence-corrected chi connectivity index (χ4v) is 3.84. The monoisotopic (exact) mass is 460 g/mol. The van der Waals surface area contributed by atoms with Gasteiger partial charge in [-0.2, -0.15) is 0 Å². The summed E-state index contributed by atoms with van der Waals surface area (Å²) in [4.78, 5) is 14.7. The Morgan fingerprint density at radius 1 is 1.00 bits per heavy atom. The number of ether oxygens (including phenoxy) is 2. The van der Waals surface area contributed by atoms with Gasteiger partial charge in [-0.3, -0.25) is 4.79 Å². The normalized spacial score (nSPS) is 14.0. The minimum atomic E-state index is -0.232. The van der Waals surface area contributed by atoms with Crippen molar-refractivity contribution in [2.45, 2.75) is 33.1 Å². The van der Waals surface area contributed by atoms with Gasteiger partial charge in [0.05, 0.1) is 12.3 Å². The number of aromatic nitrogens is 2. The molecule has 0 atom stereocenters. The van der Waals surface area contributed by atoms with E-state index in [0.29, 0.717) is 18.0 Å². The first-order chi connectivity index (χ1) is 16.6. The molecule has 0 spiro atoms. The second kappa shape index (κ2) is 11.5. The van der Waals surface area contributed by atoms with E-state index in [1.54, 1.807) is 12.1 Å². The lowest BCUT2D eigenvalue weighted by molar-refractivity contribution is -0.118. The third-order valence-corrected chi connectivity index (χ3v) is 5.87. The molecule has 2 heterocycles. The summed E-state index contributed by atoms with van der Waals surface area (Å²) in [6.07, 6.45) is 3.33. The number of nitrogens with one attached hydrogen (secondary N) is 1. The highest BCUT2D eigenvalue weighted by Crippen LogP contribution is 2.24. The van der Waals surface area contributed by atoms with Crippen LogP contribution in [0.15, 0.2) is 60.7 Å². The molecule has 3 aromatic rings. The van der Waals surface area contributed by atoms with Gasteiger partial charge < -0.3 is 19.7 Å². The summed E-state index contributed by atoms with van der Waals surface area (Å²) < 4.78 is 11.2. The van der Waals surface area contributed by atoms with Gasteiger partial charge in [-0.25, -0.2) is 0 Å². The smallest absolute Gasteiger partial charge is 0.262 e. The van der Waals surface area contributed by atoms with Crippen molar-refractivity contribution in [2.24, 2.45) is 5.92 Å². The van der Waals surface area contributed by atoms with Crippen molar-refractivity contribution < 1.29 is 14.3 Å². The Hall–Kier alpha value is -3.61. The van der Waals surface area contributed by atoms with Crippen molar-refractivity contribution in [1.82, 2.24) is 10.2 Å². The van der Waals surface area contributed by atoms with Crippen LogP contribution in [0.3, 0.4) is 0 Å². The average Bonchev–Trinajstić information content (AvgIpc) is 2.87. The van der Waals surface area contributed by atoms with Crippen molar-refractivity contribution in [2.75, 3.05) is 36.5 Å². The van der Waals surface area contributed by atoms with Crippen LogP contribution in [0, 0.1) is 5.92 Å². The van der Waals surface area contributed by atoms with Crippen LogP contribution in [0.25, 0.3) is 11.3 Å². The number of piperidine rings is 1. The molecule has 0 unspecified atom stereocenters. The van der Waals surface area contributed by atoms with E-state index in [9.17, 15) is 4.79 Å². The number of rotatable bonds is 9. The van der Waals surface area contributed by atoms with Crippen LogP contribution in [0.5, 0.6) is 11.5 Å². The summed E-state index contributed by atoms with van der Waals surface area (Å²) in [7, 11) is 0. The fourth-order valence-electron chi connectivity index (χ4n) is 3.84. The van der Waals surface area contributed by atoms with E-state index in [4.69, 9.17) is 9.47 Å². The molecule has 1 aromatic heterocycles. The van der Waals surface area contributed by atoms with E-state index in [0.717, 1.165) is 48.3 Å². The molecule has 1 amide bonds. The van der Waals surface area contributed by atoms with Crippen molar-refractivity contribution in [3.8, 4) is 22.8 Å². The van der Waals surface area contributed by atoms with E-state index >= 15 is 0 Å². The minimum Gasteiger partial charge on any atom is -0.494 e. The van der Waals surface area contributed by atoms with Crippen LogP contribution in [-0.4, -0.2) is 42.4 Å². The molecule has 1 aliphatic rings. The maximum atomic E-state index is 12.4. The summed E-state index contributed by atoms with van der Waals surface area (Å²) in [6, 6.07) is 18.9. The number of carbonyl (C=O) groups is 1. The molecule has 34 heavy (non-hydrogen) atoms. The van der Waals surface area contributed by atoms with E-state index in [1.165, 1.54) is 12.8 Å². The molecule has 0 bridgehead atoms.